The van der Waals surface area contributed by atoms with Gasteiger partial charge in [0.05, 0.1) is 17.9 Å². The molecule has 0 saturated carbocycles. The van der Waals surface area contributed by atoms with Crippen molar-refractivity contribution < 1.29 is 28.1 Å². The second kappa shape index (κ2) is 14.5. The second-order valence-corrected chi connectivity index (χ2v) is 9.75. The van der Waals surface area contributed by atoms with E-state index in [-0.39, 0.29) is 25.2 Å². The number of ether oxygens (including phenoxy) is 2. The van der Waals surface area contributed by atoms with E-state index in [2.05, 4.69) is 10.6 Å². The number of rotatable bonds is 12. The predicted octanol–water partition coefficient (Wildman–Crippen LogP) is 3.38. The monoisotopic (exact) mass is 522 g/mol. The van der Waals surface area contributed by atoms with E-state index in [0.717, 1.165) is 11.1 Å². The molecule has 0 heterocycles. The zero-order valence-electron chi connectivity index (χ0n) is 20.5. The van der Waals surface area contributed by atoms with Crippen LogP contribution in [-0.2, 0) is 42.9 Å². The van der Waals surface area contributed by atoms with Gasteiger partial charge in [0.1, 0.15) is 18.7 Å². The Morgan fingerprint density at radius 2 is 1.35 bits per heavy atom. The molecule has 0 aliphatic heterocycles. The Hall–Kier alpha value is -3.98. The van der Waals surface area contributed by atoms with Crippen LogP contribution < -0.4 is 10.6 Å². The molecule has 0 radical (unpaired) electrons. The zero-order valence-corrected chi connectivity index (χ0v) is 21.3. The number of nitrogens with one attached hydrogen (secondary N) is 2. The van der Waals surface area contributed by atoms with Gasteiger partial charge in [-0.1, -0.05) is 78.9 Å². The summed E-state index contributed by atoms with van der Waals surface area (Å²) in [5, 5.41) is 5.26. The van der Waals surface area contributed by atoms with Gasteiger partial charge in [0, 0.05) is 17.1 Å². The van der Waals surface area contributed by atoms with Crippen LogP contribution in [0.25, 0.3) is 0 Å². The first-order valence-corrected chi connectivity index (χ1v) is 13.1. The molecule has 0 aliphatic carbocycles. The minimum atomic E-state index is -1.36. The number of hydrogen-bond donors (Lipinski definition) is 2. The number of benzene rings is 3. The van der Waals surface area contributed by atoms with Gasteiger partial charge in [0.25, 0.3) is 0 Å². The number of amides is 2. The summed E-state index contributed by atoms with van der Waals surface area (Å²) >= 11 is 0. The fourth-order valence-electron chi connectivity index (χ4n) is 3.54. The molecule has 3 aromatic rings. The van der Waals surface area contributed by atoms with E-state index in [4.69, 9.17) is 9.47 Å². The van der Waals surface area contributed by atoms with Crippen molar-refractivity contribution in [3.05, 3.63) is 102 Å². The SMILES string of the molecule is COC(=O)[C@H](CC[S@](=O)c1ccccc1)NC(=O)[C@H](Cc1ccccc1)NC(=O)OCc1ccccc1. The molecule has 0 spiro atoms. The molecule has 194 valence electrons. The topological polar surface area (TPSA) is 111 Å². The molecule has 9 heteroatoms. The van der Waals surface area contributed by atoms with Gasteiger partial charge in [-0.3, -0.25) is 9.00 Å². The molecule has 0 aliphatic rings. The lowest BCUT2D eigenvalue weighted by molar-refractivity contribution is -0.145. The molecule has 3 rings (SSSR count). The molecule has 0 fully saturated rings. The van der Waals surface area contributed by atoms with Crippen LogP contribution in [0.4, 0.5) is 4.79 Å². The third-order valence-electron chi connectivity index (χ3n) is 5.50. The van der Waals surface area contributed by atoms with Gasteiger partial charge < -0.3 is 20.1 Å². The van der Waals surface area contributed by atoms with Crippen molar-refractivity contribution in [3.8, 4) is 0 Å². The van der Waals surface area contributed by atoms with E-state index in [0.29, 0.717) is 4.90 Å². The summed E-state index contributed by atoms with van der Waals surface area (Å²) in [6, 6.07) is 25.1. The van der Waals surface area contributed by atoms with Crippen LogP contribution in [0, 0.1) is 0 Å². The Morgan fingerprint density at radius 1 is 0.784 bits per heavy atom. The van der Waals surface area contributed by atoms with Gasteiger partial charge in [-0.25, -0.2) is 9.59 Å². The number of methoxy groups -OCH3 is 1. The van der Waals surface area contributed by atoms with Crippen LogP contribution in [0.15, 0.2) is 95.9 Å². The summed E-state index contributed by atoms with van der Waals surface area (Å²) in [7, 11) is -0.140. The minimum Gasteiger partial charge on any atom is -0.467 e. The van der Waals surface area contributed by atoms with E-state index in [1.54, 1.807) is 24.3 Å². The van der Waals surface area contributed by atoms with Crippen LogP contribution in [0.3, 0.4) is 0 Å². The Labute approximate surface area is 218 Å². The van der Waals surface area contributed by atoms with Crippen LogP contribution >= 0.6 is 0 Å². The molecule has 0 bridgehead atoms. The molecule has 0 unspecified atom stereocenters. The second-order valence-electron chi connectivity index (χ2n) is 8.18. The first kappa shape index (κ1) is 27.6. The van der Waals surface area contributed by atoms with E-state index < -0.39 is 40.9 Å². The first-order valence-electron chi connectivity index (χ1n) is 11.8. The summed E-state index contributed by atoms with van der Waals surface area (Å²) in [5.41, 5.74) is 1.62. The molecule has 2 N–H and O–H groups in total. The summed E-state index contributed by atoms with van der Waals surface area (Å²) < 4.78 is 22.8. The molecule has 8 nitrogen and oxygen atoms in total. The average Bonchev–Trinajstić information content (AvgIpc) is 2.94. The first-order chi connectivity index (χ1) is 18.0. The maximum absolute atomic E-state index is 13.2. The third-order valence-corrected chi connectivity index (χ3v) is 6.91. The van der Waals surface area contributed by atoms with Gasteiger partial charge in [-0.05, 0) is 29.7 Å². The van der Waals surface area contributed by atoms with E-state index in [1.165, 1.54) is 7.11 Å². The maximum Gasteiger partial charge on any atom is 0.408 e. The highest BCUT2D eigenvalue weighted by Crippen LogP contribution is 2.10. The minimum absolute atomic E-state index is 0.0441. The molecule has 37 heavy (non-hydrogen) atoms. The number of hydrogen-bond acceptors (Lipinski definition) is 6. The van der Waals surface area contributed by atoms with Gasteiger partial charge in [0.2, 0.25) is 5.91 Å². The average molecular weight is 523 g/mol. The third kappa shape index (κ3) is 9.20. The number of esters is 1. The van der Waals surface area contributed by atoms with Crippen molar-refractivity contribution in [3.63, 3.8) is 0 Å². The summed E-state index contributed by atoms with van der Waals surface area (Å²) in [4.78, 5) is 38.8. The van der Waals surface area contributed by atoms with Gasteiger partial charge >= 0.3 is 12.1 Å². The largest absolute Gasteiger partial charge is 0.467 e. The molecule has 2 amide bonds. The van der Waals surface area contributed by atoms with Crippen LogP contribution in [-0.4, -0.2) is 47.1 Å². The Morgan fingerprint density at radius 3 is 1.95 bits per heavy atom. The highest BCUT2D eigenvalue weighted by Gasteiger charge is 2.28. The Kier molecular flexibility index (Phi) is 10.9. The van der Waals surface area contributed by atoms with Crippen LogP contribution in [0.5, 0.6) is 0 Å². The normalized spacial score (nSPS) is 13.0. The van der Waals surface area contributed by atoms with E-state index in [1.807, 2.05) is 66.7 Å². The maximum atomic E-state index is 13.2. The quantitative estimate of drug-likeness (QED) is 0.353. The van der Waals surface area contributed by atoms with Crippen molar-refractivity contribution in [2.75, 3.05) is 12.9 Å². The van der Waals surface area contributed by atoms with Crippen molar-refractivity contribution in [2.24, 2.45) is 0 Å². The van der Waals surface area contributed by atoms with Crippen LogP contribution in [0.1, 0.15) is 17.5 Å². The van der Waals surface area contributed by atoms with Crippen molar-refractivity contribution in [1.29, 1.82) is 0 Å². The Balaban J connectivity index is 1.67. The highest BCUT2D eigenvalue weighted by molar-refractivity contribution is 7.85. The lowest BCUT2D eigenvalue weighted by Crippen LogP contribution is -2.53. The number of carbonyl (C=O) groups is 3. The molecule has 3 atom stereocenters. The van der Waals surface area contributed by atoms with Gasteiger partial charge in [-0.2, -0.15) is 0 Å². The lowest BCUT2D eigenvalue weighted by Gasteiger charge is -2.22. The molecule has 0 aromatic heterocycles. The van der Waals surface area contributed by atoms with Crippen LogP contribution in [0.2, 0.25) is 0 Å². The summed E-state index contributed by atoms with van der Waals surface area (Å²) in [6.45, 7) is 0.0441. The fourth-order valence-corrected chi connectivity index (χ4v) is 4.69. The molecule has 0 saturated heterocycles. The summed E-state index contributed by atoms with van der Waals surface area (Å²) in [6.07, 6.45) is -0.493. The Bertz CT molecular complexity index is 1180. The smallest absolute Gasteiger partial charge is 0.408 e. The summed E-state index contributed by atoms with van der Waals surface area (Å²) in [5.74, 6) is -1.11. The van der Waals surface area contributed by atoms with E-state index >= 15 is 0 Å². The van der Waals surface area contributed by atoms with Crippen molar-refractivity contribution >= 4 is 28.8 Å². The van der Waals surface area contributed by atoms with Gasteiger partial charge in [-0.15, -0.1) is 0 Å². The fraction of sp³-hybridized carbons (Fsp3) is 0.250. The molecule has 3 aromatic carbocycles. The van der Waals surface area contributed by atoms with Crippen molar-refractivity contribution in [1.82, 2.24) is 10.6 Å². The lowest BCUT2D eigenvalue weighted by atomic mass is 10.0. The zero-order chi connectivity index (χ0) is 26.5. The highest BCUT2D eigenvalue weighted by atomic mass is 32.2. The van der Waals surface area contributed by atoms with Crippen molar-refractivity contribution in [2.45, 2.75) is 36.4 Å². The number of carbonyl (C=O) groups excluding carboxylic acids is 3. The van der Waals surface area contributed by atoms with Gasteiger partial charge in [0.15, 0.2) is 0 Å². The predicted molar refractivity (Wildman–Crippen MR) is 140 cm³/mol. The molecular formula is C28H30N2O6S. The van der Waals surface area contributed by atoms with E-state index in [9.17, 15) is 18.6 Å². The standard InChI is InChI=1S/C28H30N2O6S/c1-35-27(32)24(17-18-37(34)23-15-9-4-10-16-23)29-26(31)25(19-21-11-5-2-6-12-21)30-28(33)36-20-22-13-7-3-8-14-22/h2-16,24-25H,17-20H2,1H3,(H,29,31)(H,30,33)/t24-,25-,37-/m0/s1. The molecular weight excluding hydrogens is 492 g/mol. The number of alkyl carbamates (subject to hydrolysis) is 1.